The van der Waals surface area contributed by atoms with Crippen molar-refractivity contribution in [3.05, 3.63) is 57.5 Å². The van der Waals surface area contributed by atoms with Crippen molar-refractivity contribution in [3.63, 3.8) is 0 Å². The summed E-state index contributed by atoms with van der Waals surface area (Å²) < 4.78 is 27.9. The van der Waals surface area contributed by atoms with Gasteiger partial charge in [-0.25, -0.2) is 18.2 Å². The Morgan fingerprint density at radius 2 is 1.85 bits per heavy atom. The molecule has 1 aliphatic heterocycles. The molecule has 1 saturated heterocycles. The third-order valence-corrected chi connectivity index (χ3v) is 6.31. The number of likely N-dealkylation sites (tertiary alicyclic amines) is 1. The molecule has 1 amide bonds. The maximum absolute atomic E-state index is 12.6. The van der Waals surface area contributed by atoms with Crippen LogP contribution in [0.3, 0.4) is 0 Å². The number of hydrogen-bond donors (Lipinski definition) is 2. The van der Waals surface area contributed by atoms with E-state index in [-0.39, 0.29) is 28.1 Å². The number of hydrogen-bond acceptors (Lipinski definition) is 5. The molecular formula is C18H22N4O4S. The molecule has 0 unspecified atom stereocenters. The van der Waals surface area contributed by atoms with Gasteiger partial charge in [0, 0.05) is 25.2 Å². The van der Waals surface area contributed by atoms with Crippen molar-refractivity contribution >= 4 is 15.9 Å². The Morgan fingerprint density at radius 1 is 1.15 bits per heavy atom. The summed E-state index contributed by atoms with van der Waals surface area (Å²) >= 11 is 0. The number of benzene rings is 1. The standard InChI is InChI=1S/C18H22N4O4S/c1-12-3-4-15(11-13(12)2)27(25,26)21-14-7-9-22(10-8-14)18(24)16-5-6-17(23)20-19-16/h3-6,11,14,21H,7-10H2,1-2H3,(H,20,23). The molecule has 1 aromatic carbocycles. The molecule has 1 fully saturated rings. The van der Waals surface area contributed by atoms with Gasteiger partial charge in [-0.3, -0.25) is 9.59 Å². The average molecular weight is 390 g/mol. The van der Waals surface area contributed by atoms with Gasteiger partial charge >= 0.3 is 0 Å². The minimum absolute atomic E-state index is 0.170. The van der Waals surface area contributed by atoms with Crippen LogP contribution in [-0.2, 0) is 10.0 Å². The van der Waals surface area contributed by atoms with Crippen molar-refractivity contribution in [1.29, 1.82) is 0 Å². The van der Waals surface area contributed by atoms with Gasteiger partial charge in [-0.05, 0) is 56.0 Å². The van der Waals surface area contributed by atoms with E-state index >= 15 is 0 Å². The molecule has 1 aliphatic rings. The zero-order chi connectivity index (χ0) is 19.6. The first-order chi connectivity index (χ1) is 12.8. The predicted octanol–water partition coefficient (Wildman–Crippen LogP) is 0.970. The van der Waals surface area contributed by atoms with E-state index in [2.05, 4.69) is 14.9 Å². The van der Waals surface area contributed by atoms with Crippen molar-refractivity contribution in [2.45, 2.75) is 37.6 Å². The Bertz CT molecular complexity index is 988. The van der Waals surface area contributed by atoms with Crippen LogP contribution in [0.15, 0.2) is 40.0 Å². The van der Waals surface area contributed by atoms with Crippen molar-refractivity contribution in [1.82, 2.24) is 19.8 Å². The average Bonchev–Trinajstić information content (AvgIpc) is 2.64. The minimum Gasteiger partial charge on any atom is -0.337 e. The van der Waals surface area contributed by atoms with Crippen LogP contribution in [0, 0.1) is 13.8 Å². The van der Waals surface area contributed by atoms with Crippen molar-refractivity contribution in [3.8, 4) is 0 Å². The maximum Gasteiger partial charge on any atom is 0.274 e. The van der Waals surface area contributed by atoms with E-state index in [9.17, 15) is 18.0 Å². The number of amides is 1. The number of piperidine rings is 1. The van der Waals surface area contributed by atoms with Gasteiger partial charge in [0.05, 0.1) is 4.90 Å². The molecule has 0 aliphatic carbocycles. The van der Waals surface area contributed by atoms with Gasteiger partial charge < -0.3 is 4.90 Å². The summed E-state index contributed by atoms with van der Waals surface area (Å²) in [6.45, 7) is 4.64. The fourth-order valence-corrected chi connectivity index (χ4v) is 4.38. The largest absolute Gasteiger partial charge is 0.337 e. The lowest BCUT2D eigenvalue weighted by Crippen LogP contribution is -2.46. The topological polar surface area (TPSA) is 112 Å². The molecule has 1 aromatic heterocycles. The van der Waals surface area contributed by atoms with E-state index in [1.807, 2.05) is 13.8 Å². The summed E-state index contributed by atoms with van der Waals surface area (Å²) in [7, 11) is -3.60. The quantitative estimate of drug-likeness (QED) is 0.808. The monoisotopic (exact) mass is 390 g/mol. The van der Waals surface area contributed by atoms with E-state index < -0.39 is 10.0 Å². The number of rotatable bonds is 4. The molecule has 2 N–H and O–H groups in total. The number of sulfonamides is 1. The summed E-state index contributed by atoms with van der Waals surface area (Å²) in [6.07, 6.45) is 1.03. The van der Waals surface area contributed by atoms with Crippen LogP contribution in [0.5, 0.6) is 0 Å². The number of carbonyl (C=O) groups excluding carboxylic acids is 1. The number of nitrogens with zero attached hydrogens (tertiary/aromatic N) is 2. The third-order valence-electron chi connectivity index (χ3n) is 4.79. The Hall–Kier alpha value is -2.52. The number of aromatic amines is 1. The summed E-state index contributed by atoms with van der Waals surface area (Å²) in [4.78, 5) is 25.3. The lowest BCUT2D eigenvalue weighted by molar-refractivity contribution is 0.0704. The van der Waals surface area contributed by atoms with Crippen LogP contribution in [0.1, 0.15) is 34.5 Å². The summed E-state index contributed by atoms with van der Waals surface area (Å²) in [6, 6.07) is 7.47. The molecule has 0 bridgehead atoms. The highest BCUT2D eigenvalue weighted by molar-refractivity contribution is 7.89. The Morgan fingerprint density at radius 3 is 2.44 bits per heavy atom. The van der Waals surface area contributed by atoms with Crippen molar-refractivity contribution in [2.24, 2.45) is 0 Å². The molecule has 3 rings (SSSR count). The molecule has 0 atom stereocenters. The second-order valence-corrected chi connectivity index (χ2v) is 8.45. The molecule has 0 spiro atoms. The number of aryl methyl sites for hydroxylation is 2. The third kappa shape index (κ3) is 4.42. The van der Waals surface area contributed by atoms with E-state index in [0.29, 0.717) is 25.9 Å². The summed E-state index contributed by atoms with van der Waals surface area (Å²) in [5.74, 6) is -0.276. The van der Waals surface area contributed by atoms with Crippen LogP contribution >= 0.6 is 0 Å². The molecule has 2 aromatic rings. The Kier molecular flexibility index (Phi) is 5.43. The SMILES string of the molecule is Cc1ccc(S(=O)(=O)NC2CCN(C(=O)c3ccc(=O)[nH]n3)CC2)cc1C. The number of carbonyl (C=O) groups is 1. The number of nitrogens with one attached hydrogen (secondary N) is 2. The first-order valence-electron chi connectivity index (χ1n) is 8.71. The molecule has 27 heavy (non-hydrogen) atoms. The van der Waals surface area contributed by atoms with Crippen LogP contribution in [0.2, 0.25) is 0 Å². The Balaban J connectivity index is 1.62. The molecule has 0 saturated carbocycles. The fraction of sp³-hybridized carbons (Fsp3) is 0.389. The normalized spacial score (nSPS) is 15.7. The van der Waals surface area contributed by atoms with Gasteiger partial charge in [0.1, 0.15) is 5.69 Å². The van der Waals surface area contributed by atoms with Crippen LogP contribution in [0.4, 0.5) is 0 Å². The second kappa shape index (κ2) is 7.61. The highest BCUT2D eigenvalue weighted by Crippen LogP contribution is 2.18. The number of H-pyrrole nitrogens is 1. The first kappa shape index (κ1) is 19.2. The van der Waals surface area contributed by atoms with Crippen molar-refractivity contribution in [2.75, 3.05) is 13.1 Å². The van der Waals surface area contributed by atoms with Gasteiger partial charge in [0.2, 0.25) is 10.0 Å². The lowest BCUT2D eigenvalue weighted by atomic mass is 10.1. The van der Waals surface area contributed by atoms with Gasteiger partial charge in [-0.1, -0.05) is 6.07 Å². The predicted molar refractivity (Wildman–Crippen MR) is 100 cm³/mol. The minimum atomic E-state index is -3.60. The highest BCUT2D eigenvalue weighted by atomic mass is 32.2. The summed E-state index contributed by atoms with van der Waals surface area (Å²) in [5, 5.41) is 5.99. The molecule has 8 nitrogen and oxygen atoms in total. The molecule has 0 radical (unpaired) electrons. The zero-order valence-electron chi connectivity index (χ0n) is 15.2. The van der Waals surface area contributed by atoms with E-state index in [1.165, 1.54) is 12.1 Å². The van der Waals surface area contributed by atoms with Crippen molar-refractivity contribution < 1.29 is 13.2 Å². The van der Waals surface area contributed by atoms with Gasteiger partial charge in [-0.2, -0.15) is 5.10 Å². The van der Waals surface area contributed by atoms with Crippen LogP contribution in [0.25, 0.3) is 0 Å². The first-order valence-corrected chi connectivity index (χ1v) is 10.2. The molecule has 9 heteroatoms. The van der Waals surface area contributed by atoms with Crippen LogP contribution < -0.4 is 10.3 Å². The van der Waals surface area contributed by atoms with Crippen LogP contribution in [-0.4, -0.2) is 48.6 Å². The van der Waals surface area contributed by atoms with E-state index in [4.69, 9.17) is 0 Å². The second-order valence-electron chi connectivity index (χ2n) is 6.74. The summed E-state index contributed by atoms with van der Waals surface area (Å²) in [5.41, 5.74) is 1.76. The molecule has 144 valence electrons. The Labute approximate surface area is 157 Å². The maximum atomic E-state index is 12.6. The van der Waals surface area contributed by atoms with Gasteiger partial charge in [-0.15, -0.1) is 0 Å². The fourth-order valence-electron chi connectivity index (χ4n) is 2.99. The highest BCUT2D eigenvalue weighted by Gasteiger charge is 2.27. The van der Waals surface area contributed by atoms with Gasteiger partial charge in [0.15, 0.2) is 0 Å². The number of aromatic nitrogens is 2. The smallest absolute Gasteiger partial charge is 0.274 e. The lowest BCUT2D eigenvalue weighted by Gasteiger charge is -2.32. The van der Waals surface area contributed by atoms with Gasteiger partial charge in [0.25, 0.3) is 11.5 Å². The zero-order valence-corrected chi connectivity index (χ0v) is 16.0. The molecule has 2 heterocycles. The molecular weight excluding hydrogens is 368 g/mol. The van der Waals surface area contributed by atoms with E-state index in [0.717, 1.165) is 11.1 Å². The van der Waals surface area contributed by atoms with E-state index in [1.54, 1.807) is 23.1 Å².